The summed E-state index contributed by atoms with van der Waals surface area (Å²) in [4.78, 5) is 11.6. The summed E-state index contributed by atoms with van der Waals surface area (Å²) < 4.78 is 4.70. The number of benzene rings is 2. The van der Waals surface area contributed by atoms with E-state index in [2.05, 4.69) is 5.10 Å². The van der Waals surface area contributed by atoms with Crippen molar-refractivity contribution in [1.29, 1.82) is 0 Å². The van der Waals surface area contributed by atoms with Crippen LogP contribution in [0.4, 0.5) is 11.4 Å². The van der Waals surface area contributed by atoms with Gasteiger partial charge in [0.1, 0.15) is 0 Å². The predicted octanol–water partition coefficient (Wildman–Crippen LogP) is 2.67. The lowest BCUT2D eigenvalue weighted by atomic mass is 10.0. The highest BCUT2D eigenvalue weighted by Crippen LogP contribution is 2.23. The van der Waals surface area contributed by atoms with Gasteiger partial charge in [0.05, 0.1) is 24.1 Å². The van der Waals surface area contributed by atoms with Crippen LogP contribution >= 0.6 is 0 Å². The van der Waals surface area contributed by atoms with Crippen LogP contribution in [0.1, 0.15) is 22.3 Å². The molecule has 0 amide bonds. The van der Waals surface area contributed by atoms with Crippen LogP contribution in [0.15, 0.2) is 53.6 Å². The van der Waals surface area contributed by atoms with Gasteiger partial charge in [-0.25, -0.2) is 4.79 Å². The van der Waals surface area contributed by atoms with Crippen LogP contribution < -0.4 is 10.7 Å². The highest BCUT2D eigenvalue weighted by atomic mass is 16.5. The topological polar surface area (TPSA) is 67.9 Å². The van der Waals surface area contributed by atoms with Gasteiger partial charge < -0.3 is 10.5 Å². The molecule has 5 heteroatoms. The van der Waals surface area contributed by atoms with E-state index in [-0.39, 0.29) is 0 Å². The minimum Gasteiger partial charge on any atom is -0.465 e. The number of hydrogen-bond acceptors (Lipinski definition) is 5. The number of methoxy groups -OCH3 is 1. The zero-order valence-electron chi connectivity index (χ0n) is 12.3. The van der Waals surface area contributed by atoms with Crippen LogP contribution in [0.25, 0.3) is 0 Å². The summed E-state index contributed by atoms with van der Waals surface area (Å²) in [7, 11) is 1.34. The first-order valence-corrected chi connectivity index (χ1v) is 7.07. The van der Waals surface area contributed by atoms with Crippen molar-refractivity contribution in [3.63, 3.8) is 0 Å². The molecule has 5 nitrogen and oxygen atoms in total. The molecule has 0 fully saturated rings. The van der Waals surface area contributed by atoms with Gasteiger partial charge in [-0.05, 0) is 29.8 Å². The largest absolute Gasteiger partial charge is 0.465 e. The lowest BCUT2D eigenvalue weighted by Crippen LogP contribution is -2.11. The second-order valence-electron chi connectivity index (χ2n) is 5.05. The van der Waals surface area contributed by atoms with Crippen molar-refractivity contribution in [2.45, 2.75) is 6.42 Å². The molecule has 0 aromatic heterocycles. The van der Waals surface area contributed by atoms with Gasteiger partial charge >= 0.3 is 5.97 Å². The lowest BCUT2D eigenvalue weighted by molar-refractivity contribution is 0.0602. The molecule has 0 radical (unpaired) electrons. The van der Waals surface area contributed by atoms with Crippen LogP contribution in [0.5, 0.6) is 0 Å². The lowest BCUT2D eigenvalue weighted by Gasteiger charge is -2.12. The van der Waals surface area contributed by atoms with Gasteiger partial charge in [0, 0.05) is 18.7 Å². The molecule has 3 rings (SSSR count). The second kappa shape index (κ2) is 5.89. The van der Waals surface area contributed by atoms with Gasteiger partial charge in [0.15, 0.2) is 0 Å². The summed E-state index contributed by atoms with van der Waals surface area (Å²) in [6.45, 7) is 0.831. The fraction of sp³-hybridized carbons (Fsp3) is 0.176. The Morgan fingerprint density at radius 3 is 2.68 bits per heavy atom. The molecule has 112 valence electrons. The maximum Gasteiger partial charge on any atom is 0.339 e. The third-order valence-corrected chi connectivity index (χ3v) is 3.65. The first-order valence-electron chi connectivity index (χ1n) is 7.07. The Labute approximate surface area is 129 Å². The number of nitrogens with two attached hydrogens (primary N) is 1. The summed E-state index contributed by atoms with van der Waals surface area (Å²) in [5, 5.41) is 6.61. The Kier molecular flexibility index (Phi) is 3.78. The number of hydrazone groups is 1. The summed E-state index contributed by atoms with van der Waals surface area (Å²) in [6.07, 6.45) is 0.839. The van der Waals surface area contributed by atoms with E-state index in [1.54, 1.807) is 12.1 Å². The van der Waals surface area contributed by atoms with Crippen LogP contribution in [-0.2, 0) is 4.74 Å². The van der Waals surface area contributed by atoms with Crippen LogP contribution in [0, 0.1) is 0 Å². The van der Waals surface area contributed by atoms with Crippen molar-refractivity contribution in [1.82, 2.24) is 0 Å². The minimum absolute atomic E-state index is 0.379. The van der Waals surface area contributed by atoms with Gasteiger partial charge in [-0.15, -0.1) is 0 Å². The Morgan fingerprint density at radius 1 is 1.23 bits per heavy atom. The van der Waals surface area contributed by atoms with Crippen molar-refractivity contribution in [2.75, 3.05) is 24.4 Å². The third kappa shape index (κ3) is 2.65. The highest BCUT2D eigenvalue weighted by Gasteiger charge is 2.19. The zero-order chi connectivity index (χ0) is 15.5. The van der Waals surface area contributed by atoms with E-state index in [1.165, 1.54) is 7.11 Å². The summed E-state index contributed by atoms with van der Waals surface area (Å²) in [5.74, 6) is -0.427. The highest BCUT2D eigenvalue weighted by molar-refractivity contribution is 6.05. The molecular weight excluding hydrogens is 278 g/mol. The van der Waals surface area contributed by atoms with E-state index in [0.29, 0.717) is 11.3 Å². The Hall–Kier alpha value is -2.82. The molecule has 0 aliphatic carbocycles. The number of ether oxygens (including phenoxy) is 1. The fourth-order valence-electron chi connectivity index (χ4n) is 2.48. The molecular formula is C17H17N3O2. The molecule has 2 aromatic rings. The van der Waals surface area contributed by atoms with Crippen LogP contribution in [0.2, 0.25) is 0 Å². The molecule has 1 aliphatic heterocycles. The number of rotatable bonds is 3. The van der Waals surface area contributed by atoms with Gasteiger partial charge in [0.2, 0.25) is 0 Å². The number of anilines is 2. The Morgan fingerprint density at radius 2 is 2.00 bits per heavy atom. The first-order chi connectivity index (χ1) is 10.7. The van der Waals surface area contributed by atoms with E-state index in [0.717, 1.165) is 29.9 Å². The maximum atomic E-state index is 11.6. The molecule has 0 saturated carbocycles. The Balaban J connectivity index is 1.86. The molecule has 0 unspecified atom stereocenters. The number of nitrogen functional groups attached to an aromatic ring is 1. The van der Waals surface area contributed by atoms with Crippen molar-refractivity contribution in [3.05, 3.63) is 59.7 Å². The molecule has 0 atom stereocenters. The normalized spacial score (nSPS) is 13.9. The SMILES string of the molecule is COC(=O)c1ccc(C2=NN(c3ccccc3)CC2)cc1N. The minimum atomic E-state index is -0.427. The van der Waals surface area contributed by atoms with Gasteiger partial charge in [-0.1, -0.05) is 24.3 Å². The molecule has 0 saturated heterocycles. The third-order valence-electron chi connectivity index (χ3n) is 3.65. The van der Waals surface area contributed by atoms with E-state index in [9.17, 15) is 4.79 Å². The van der Waals surface area contributed by atoms with Gasteiger partial charge in [0.25, 0.3) is 0 Å². The van der Waals surface area contributed by atoms with Crippen molar-refractivity contribution < 1.29 is 9.53 Å². The number of carbonyl (C=O) groups is 1. The van der Waals surface area contributed by atoms with E-state index in [4.69, 9.17) is 10.5 Å². The summed E-state index contributed by atoms with van der Waals surface area (Å²) in [6, 6.07) is 15.3. The number of carbonyl (C=O) groups excluding carboxylic acids is 1. The predicted molar refractivity (Wildman–Crippen MR) is 87.1 cm³/mol. The maximum absolute atomic E-state index is 11.6. The molecule has 1 aliphatic rings. The summed E-state index contributed by atoms with van der Waals surface area (Å²) in [5.41, 5.74) is 9.69. The van der Waals surface area contributed by atoms with Gasteiger partial charge in [-0.3, -0.25) is 5.01 Å². The standard InChI is InChI=1S/C17H17N3O2/c1-22-17(21)14-8-7-12(11-15(14)18)16-9-10-20(19-16)13-5-3-2-4-6-13/h2-8,11H,9-10,18H2,1H3. The average molecular weight is 295 g/mol. The number of hydrogen-bond donors (Lipinski definition) is 1. The monoisotopic (exact) mass is 295 g/mol. The van der Waals surface area contributed by atoms with E-state index in [1.807, 2.05) is 41.4 Å². The summed E-state index contributed by atoms with van der Waals surface area (Å²) >= 11 is 0. The van der Waals surface area contributed by atoms with Crippen molar-refractivity contribution >= 4 is 23.1 Å². The van der Waals surface area contributed by atoms with E-state index >= 15 is 0 Å². The molecule has 2 aromatic carbocycles. The zero-order valence-corrected chi connectivity index (χ0v) is 12.3. The quantitative estimate of drug-likeness (QED) is 0.698. The fourth-order valence-corrected chi connectivity index (χ4v) is 2.48. The molecule has 1 heterocycles. The van der Waals surface area contributed by atoms with Crippen LogP contribution in [0.3, 0.4) is 0 Å². The van der Waals surface area contributed by atoms with Crippen LogP contribution in [-0.4, -0.2) is 25.3 Å². The number of nitrogens with zero attached hydrogens (tertiary/aromatic N) is 2. The molecule has 22 heavy (non-hydrogen) atoms. The second-order valence-corrected chi connectivity index (χ2v) is 5.05. The molecule has 0 spiro atoms. The average Bonchev–Trinajstić information content (AvgIpc) is 3.05. The smallest absolute Gasteiger partial charge is 0.339 e. The van der Waals surface area contributed by atoms with Crippen molar-refractivity contribution in [3.8, 4) is 0 Å². The van der Waals surface area contributed by atoms with Gasteiger partial charge in [-0.2, -0.15) is 5.10 Å². The molecule has 0 bridgehead atoms. The van der Waals surface area contributed by atoms with E-state index < -0.39 is 5.97 Å². The Bertz CT molecular complexity index is 726. The molecule has 2 N–H and O–H groups in total. The first kappa shape index (κ1) is 14.1. The van der Waals surface area contributed by atoms with Crippen molar-refractivity contribution in [2.24, 2.45) is 5.10 Å². The number of para-hydroxylation sites is 1. The number of esters is 1.